The van der Waals surface area contributed by atoms with Crippen molar-refractivity contribution in [1.82, 2.24) is 0 Å². The molecule has 1 aromatic carbocycles. The highest BCUT2D eigenvalue weighted by atomic mass is 79.9. The van der Waals surface area contributed by atoms with Crippen molar-refractivity contribution in [3.63, 3.8) is 0 Å². The van der Waals surface area contributed by atoms with Gasteiger partial charge in [0, 0.05) is 4.47 Å². The molecular formula is C13H17BrO3. The number of rotatable bonds is 7. The van der Waals surface area contributed by atoms with Crippen LogP contribution >= 0.6 is 15.9 Å². The average molecular weight is 301 g/mol. The summed E-state index contributed by atoms with van der Waals surface area (Å²) in [5.74, 6) is -0.300. The zero-order valence-corrected chi connectivity index (χ0v) is 11.5. The molecule has 0 N–H and O–H groups in total. The molecule has 17 heavy (non-hydrogen) atoms. The van der Waals surface area contributed by atoms with Crippen LogP contribution in [0.2, 0.25) is 0 Å². The van der Waals surface area contributed by atoms with Crippen molar-refractivity contribution in [2.24, 2.45) is 0 Å². The van der Waals surface area contributed by atoms with Crippen LogP contribution < -0.4 is 0 Å². The maximum atomic E-state index is 11.2. The van der Waals surface area contributed by atoms with Gasteiger partial charge in [-0.2, -0.15) is 0 Å². The third-order valence-corrected chi connectivity index (χ3v) is 2.97. The van der Waals surface area contributed by atoms with Crippen molar-refractivity contribution in [2.75, 3.05) is 13.2 Å². The quantitative estimate of drug-likeness (QED) is 0.572. The van der Waals surface area contributed by atoms with Gasteiger partial charge in [-0.3, -0.25) is 0 Å². The zero-order valence-electron chi connectivity index (χ0n) is 9.95. The lowest BCUT2D eigenvalue weighted by Crippen LogP contribution is -2.13. The molecule has 0 aliphatic rings. The van der Waals surface area contributed by atoms with Crippen LogP contribution in [-0.2, 0) is 20.9 Å². The standard InChI is InChI=1S/C13H17BrO3/c1-2-3-8-17-13(15)10-16-9-11-6-4-5-7-12(11)14/h4-7H,2-3,8-10H2,1H3. The molecule has 3 nitrogen and oxygen atoms in total. The Balaban J connectivity index is 2.19. The lowest BCUT2D eigenvalue weighted by Gasteiger charge is -2.06. The second-order valence-electron chi connectivity index (χ2n) is 3.66. The van der Waals surface area contributed by atoms with E-state index in [0.29, 0.717) is 13.2 Å². The van der Waals surface area contributed by atoms with Crippen molar-refractivity contribution < 1.29 is 14.3 Å². The van der Waals surface area contributed by atoms with E-state index in [1.54, 1.807) is 0 Å². The van der Waals surface area contributed by atoms with Gasteiger partial charge in [0.2, 0.25) is 0 Å². The smallest absolute Gasteiger partial charge is 0.332 e. The van der Waals surface area contributed by atoms with Crippen LogP contribution in [-0.4, -0.2) is 19.2 Å². The molecule has 1 rings (SSSR count). The number of unbranched alkanes of at least 4 members (excludes halogenated alkanes) is 1. The number of ether oxygens (including phenoxy) is 2. The number of hydrogen-bond acceptors (Lipinski definition) is 3. The Bertz CT molecular complexity index is 352. The van der Waals surface area contributed by atoms with E-state index in [-0.39, 0.29) is 12.6 Å². The Hall–Kier alpha value is -0.870. The van der Waals surface area contributed by atoms with Gasteiger partial charge in [-0.25, -0.2) is 4.79 Å². The van der Waals surface area contributed by atoms with Gasteiger partial charge < -0.3 is 9.47 Å². The molecule has 0 saturated heterocycles. The summed E-state index contributed by atoms with van der Waals surface area (Å²) >= 11 is 3.42. The highest BCUT2D eigenvalue weighted by Crippen LogP contribution is 2.16. The summed E-state index contributed by atoms with van der Waals surface area (Å²) in [7, 11) is 0. The normalized spacial score (nSPS) is 10.2. The predicted molar refractivity (Wildman–Crippen MR) is 69.7 cm³/mol. The Morgan fingerprint density at radius 1 is 1.35 bits per heavy atom. The van der Waals surface area contributed by atoms with Crippen LogP contribution in [0.25, 0.3) is 0 Å². The van der Waals surface area contributed by atoms with E-state index < -0.39 is 0 Å². The average Bonchev–Trinajstić information content (AvgIpc) is 2.32. The molecule has 0 spiro atoms. The Kier molecular flexibility index (Phi) is 6.89. The Labute approximate surface area is 110 Å². The first-order valence-corrected chi connectivity index (χ1v) is 6.50. The molecule has 0 saturated carbocycles. The van der Waals surface area contributed by atoms with Crippen LogP contribution in [0, 0.1) is 0 Å². The summed E-state index contributed by atoms with van der Waals surface area (Å²) in [4.78, 5) is 11.2. The van der Waals surface area contributed by atoms with Crippen molar-refractivity contribution in [1.29, 1.82) is 0 Å². The van der Waals surface area contributed by atoms with Crippen LogP contribution in [0.4, 0.5) is 0 Å². The lowest BCUT2D eigenvalue weighted by atomic mass is 10.2. The number of carbonyl (C=O) groups excluding carboxylic acids is 1. The molecule has 0 aliphatic heterocycles. The van der Waals surface area contributed by atoms with Gasteiger partial charge in [0.15, 0.2) is 0 Å². The third kappa shape index (κ3) is 5.84. The summed E-state index contributed by atoms with van der Waals surface area (Å²) < 4.78 is 11.2. The van der Waals surface area contributed by atoms with E-state index in [0.717, 1.165) is 22.9 Å². The summed E-state index contributed by atoms with van der Waals surface area (Å²) in [5.41, 5.74) is 1.02. The number of benzene rings is 1. The topological polar surface area (TPSA) is 35.5 Å². The first-order chi connectivity index (χ1) is 8.24. The molecule has 0 heterocycles. The van der Waals surface area contributed by atoms with Crippen molar-refractivity contribution in [2.45, 2.75) is 26.4 Å². The fraction of sp³-hybridized carbons (Fsp3) is 0.462. The van der Waals surface area contributed by atoms with Crippen LogP contribution in [0.1, 0.15) is 25.3 Å². The van der Waals surface area contributed by atoms with Gasteiger partial charge in [-0.05, 0) is 18.1 Å². The second kappa shape index (κ2) is 8.25. The highest BCUT2D eigenvalue weighted by molar-refractivity contribution is 9.10. The molecule has 0 fully saturated rings. The van der Waals surface area contributed by atoms with Gasteiger partial charge in [0.25, 0.3) is 0 Å². The third-order valence-electron chi connectivity index (χ3n) is 2.20. The van der Waals surface area contributed by atoms with Gasteiger partial charge in [0.05, 0.1) is 13.2 Å². The Morgan fingerprint density at radius 2 is 2.12 bits per heavy atom. The summed E-state index contributed by atoms with van der Waals surface area (Å²) in [6.45, 7) is 2.94. The van der Waals surface area contributed by atoms with E-state index in [2.05, 4.69) is 22.9 Å². The summed E-state index contributed by atoms with van der Waals surface area (Å²) in [6.07, 6.45) is 1.92. The molecule has 0 radical (unpaired) electrons. The second-order valence-corrected chi connectivity index (χ2v) is 4.51. The number of hydrogen-bond donors (Lipinski definition) is 0. The minimum Gasteiger partial charge on any atom is -0.464 e. The molecule has 1 aromatic rings. The van der Waals surface area contributed by atoms with Crippen molar-refractivity contribution in [3.8, 4) is 0 Å². The van der Waals surface area contributed by atoms with Crippen molar-refractivity contribution in [3.05, 3.63) is 34.3 Å². The van der Waals surface area contributed by atoms with E-state index in [4.69, 9.17) is 9.47 Å². The van der Waals surface area contributed by atoms with Crippen molar-refractivity contribution >= 4 is 21.9 Å². The van der Waals surface area contributed by atoms with Gasteiger partial charge in [-0.1, -0.05) is 47.5 Å². The summed E-state index contributed by atoms with van der Waals surface area (Å²) in [6, 6.07) is 7.76. The molecule has 0 unspecified atom stereocenters. The molecule has 0 atom stereocenters. The van der Waals surface area contributed by atoms with Crippen LogP contribution in [0.3, 0.4) is 0 Å². The van der Waals surface area contributed by atoms with E-state index in [1.807, 2.05) is 24.3 Å². The Morgan fingerprint density at radius 3 is 2.82 bits per heavy atom. The summed E-state index contributed by atoms with van der Waals surface area (Å²) in [5, 5.41) is 0. The molecule has 4 heteroatoms. The highest BCUT2D eigenvalue weighted by Gasteiger charge is 2.04. The maximum absolute atomic E-state index is 11.2. The van der Waals surface area contributed by atoms with Crippen LogP contribution in [0.5, 0.6) is 0 Å². The molecule has 0 bridgehead atoms. The van der Waals surface area contributed by atoms with Gasteiger partial charge >= 0.3 is 5.97 Å². The van der Waals surface area contributed by atoms with E-state index >= 15 is 0 Å². The lowest BCUT2D eigenvalue weighted by molar-refractivity contribution is -0.149. The molecule has 94 valence electrons. The first-order valence-electron chi connectivity index (χ1n) is 5.70. The SMILES string of the molecule is CCCCOC(=O)COCc1ccccc1Br. The minimum absolute atomic E-state index is 0.00501. The monoisotopic (exact) mass is 300 g/mol. The molecular weight excluding hydrogens is 284 g/mol. The largest absolute Gasteiger partial charge is 0.464 e. The molecule has 0 amide bonds. The van der Waals surface area contributed by atoms with E-state index in [1.165, 1.54) is 0 Å². The number of carbonyl (C=O) groups is 1. The minimum atomic E-state index is -0.300. The number of halogens is 1. The maximum Gasteiger partial charge on any atom is 0.332 e. The van der Waals surface area contributed by atoms with E-state index in [9.17, 15) is 4.79 Å². The van der Waals surface area contributed by atoms with Crippen LogP contribution in [0.15, 0.2) is 28.7 Å². The van der Waals surface area contributed by atoms with Gasteiger partial charge in [0.1, 0.15) is 6.61 Å². The first kappa shape index (κ1) is 14.2. The molecule has 0 aromatic heterocycles. The predicted octanol–water partition coefficient (Wildman–Crippen LogP) is 3.31. The fourth-order valence-electron chi connectivity index (χ4n) is 1.23. The fourth-order valence-corrected chi connectivity index (χ4v) is 1.63. The molecule has 0 aliphatic carbocycles. The zero-order chi connectivity index (χ0) is 12.5. The number of esters is 1. The van der Waals surface area contributed by atoms with Gasteiger partial charge in [-0.15, -0.1) is 0 Å².